The molecule has 80 valence electrons. The highest BCUT2D eigenvalue weighted by Gasteiger charge is 1.95. The van der Waals surface area contributed by atoms with E-state index in [-0.39, 0.29) is 11.2 Å². The van der Waals surface area contributed by atoms with Crippen LogP contribution in [0.3, 0.4) is 0 Å². The fraction of sp³-hybridized carbons (Fsp3) is 0. The molecule has 1 heterocycles. The summed E-state index contributed by atoms with van der Waals surface area (Å²) >= 11 is 0. The van der Waals surface area contributed by atoms with Gasteiger partial charge in [0.1, 0.15) is 0 Å². The molecule has 16 heavy (non-hydrogen) atoms. The number of aromatic nitrogens is 1. The number of rotatable bonds is 2. The van der Waals surface area contributed by atoms with E-state index in [0.29, 0.717) is 5.69 Å². The zero-order valence-corrected chi connectivity index (χ0v) is 8.55. The molecule has 2 N–H and O–H groups in total. The van der Waals surface area contributed by atoms with Crippen LogP contribution < -0.4 is 5.43 Å². The van der Waals surface area contributed by atoms with E-state index < -0.39 is 0 Å². The minimum Gasteiger partial charge on any atom is -0.503 e. The second-order valence-electron chi connectivity index (χ2n) is 3.38. The predicted molar refractivity (Wildman–Crippen MR) is 64.1 cm³/mol. The van der Waals surface area contributed by atoms with Gasteiger partial charge in [-0.05, 0) is 11.6 Å². The maximum atomic E-state index is 11.1. The van der Waals surface area contributed by atoms with Gasteiger partial charge in [0.15, 0.2) is 5.75 Å². The lowest BCUT2D eigenvalue weighted by molar-refractivity contribution is 0.467. The molecule has 0 fully saturated rings. The third-order valence-electron chi connectivity index (χ3n) is 2.17. The summed E-state index contributed by atoms with van der Waals surface area (Å²) in [7, 11) is 0. The smallest absolute Gasteiger partial charge is 0.223 e. The van der Waals surface area contributed by atoms with Crippen molar-refractivity contribution in [3.8, 4) is 5.75 Å². The van der Waals surface area contributed by atoms with Crippen LogP contribution in [0.25, 0.3) is 12.2 Å². The topological polar surface area (TPSA) is 53.1 Å². The molecular formula is C13H11NO2. The molecule has 0 spiro atoms. The highest BCUT2D eigenvalue weighted by Crippen LogP contribution is 2.06. The van der Waals surface area contributed by atoms with Crippen LogP contribution in [0.5, 0.6) is 5.75 Å². The van der Waals surface area contributed by atoms with Crippen LogP contribution in [-0.4, -0.2) is 10.1 Å². The number of pyridine rings is 1. The van der Waals surface area contributed by atoms with Crippen molar-refractivity contribution in [2.75, 3.05) is 0 Å². The minimum absolute atomic E-state index is 0.267. The molecule has 0 aliphatic carbocycles. The van der Waals surface area contributed by atoms with E-state index in [1.54, 1.807) is 6.08 Å². The lowest BCUT2D eigenvalue weighted by Crippen LogP contribution is -1.99. The summed E-state index contributed by atoms with van der Waals surface area (Å²) in [5, 5.41) is 9.06. The van der Waals surface area contributed by atoms with Crippen molar-refractivity contribution in [2.24, 2.45) is 0 Å². The van der Waals surface area contributed by atoms with Crippen molar-refractivity contribution >= 4 is 12.2 Å². The average Bonchev–Trinajstić information content (AvgIpc) is 2.32. The van der Waals surface area contributed by atoms with Gasteiger partial charge in [-0.15, -0.1) is 0 Å². The Morgan fingerprint density at radius 3 is 2.56 bits per heavy atom. The van der Waals surface area contributed by atoms with E-state index >= 15 is 0 Å². The van der Waals surface area contributed by atoms with Crippen molar-refractivity contribution in [2.45, 2.75) is 0 Å². The average molecular weight is 213 g/mol. The van der Waals surface area contributed by atoms with E-state index in [1.165, 1.54) is 12.3 Å². The Bertz CT molecular complexity index is 556. The summed E-state index contributed by atoms with van der Waals surface area (Å²) in [6.45, 7) is 0. The minimum atomic E-state index is -0.383. The zero-order valence-electron chi connectivity index (χ0n) is 8.55. The van der Waals surface area contributed by atoms with E-state index in [1.807, 2.05) is 36.4 Å². The SMILES string of the molecule is O=c1cc(/C=C/c2ccccc2)[nH]cc1O. The monoisotopic (exact) mass is 213 g/mol. The third kappa shape index (κ3) is 2.39. The summed E-state index contributed by atoms with van der Waals surface area (Å²) in [6.07, 6.45) is 4.96. The van der Waals surface area contributed by atoms with Crippen LogP contribution >= 0.6 is 0 Å². The Kier molecular flexibility index (Phi) is 2.87. The molecule has 0 saturated heterocycles. The molecule has 0 atom stereocenters. The van der Waals surface area contributed by atoms with Gasteiger partial charge in [0.25, 0.3) is 0 Å². The lowest BCUT2D eigenvalue weighted by Gasteiger charge is -1.95. The molecule has 3 nitrogen and oxygen atoms in total. The fourth-order valence-corrected chi connectivity index (χ4v) is 1.33. The van der Waals surface area contributed by atoms with Gasteiger partial charge >= 0.3 is 0 Å². The van der Waals surface area contributed by atoms with Gasteiger partial charge in [-0.1, -0.05) is 36.4 Å². The number of nitrogens with one attached hydrogen (secondary N) is 1. The molecule has 0 aliphatic rings. The Morgan fingerprint density at radius 1 is 1.12 bits per heavy atom. The second kappa shape index (κ2) is 4.49. The van der Waals surface area contributed by atoms with Gasteiger partial charge < -0.3 is 10.1 Å². The third-order valence-corrected chi connectivity index (χ3v) is 2.17. The summed E-state index contributed by atoms with van der Waals surface area (Å²) in [6, 6.07) is 11.1. The summed E-state index contributed by atoms with van der Waals surface area (Å²) in [5.41, 5.74) is 1.33. The molecule has 0 unspecified atom stereocenters. The molecule has 2 aromatic rings. The van der Waals surface area contributed by atoms with E-state index in [0.717, 1.165) is 5.56 Å². The first kappa shape index (κ1) is 10.2. The first-order valence-corrected chi connectivity index (χ1v) is 4.90. The molecule has 2 rings (SSSR count). The molecule has 3 heteroatoms. The van der Waals surface area contributed by atoms with Crippen molar-refractivity contribution in [1.82, 2.24) is 4.98 Å². The molecule has 1 aromatic heterocycles. The van der Waals surface area contributed by atoms with Gasteiger partial charge in [0.2, 0.25) is 5.43 Å². The maximum absolute atomic E-state index is 11.1. The van der Waals surface area contributed by atoms with E-state index in [4.69, 9.17) is 5.11 Å². The van der Waals surface area contributed by atoms with Crippen LogP contribution in [-0.2, 0) is 0 Å². The Hall–Kier alpha value is -2.29. The van der Waals surface area contributed by atoms with Crippen LogP contribution in [0.2, 0.25) is 0 Å². The second-order valence-corrected chi connectivity index (χ2v) is 3.38. The Balaban J connectivity index is 2.24. The number of benzene rings is 1. The first-order valence-electron chi connectivity index (χ1n) is 4.90. The molecule has 0 saturated carbocycles. The molecule has 1 aromatic carbocycles. The fourth-order valence-electron chi connectivity index (χ4n) is 1.33. The highest BCUT2D eigenvalue weighted by atomic mass is 16.3. The number of aromatic amines is 1. The quantitative estimate of drug-likeness (QED) is 0.803. The maximum Gasteiger partial charge on any atom is 0.223 e. The Morgan fingerprint density at radius 2 is 1.88 bits per heavy atom. The van der Waals surface area contributed by atoms with Crippen LogP contribution in [0.4, 0.5) is 0 Å². The van der Waals surface area contributed by atoms with Crippen molar-refractivity contribution in [3.63, 3.8) is 0 Å². The summed E-state index contributed by atoms with van der Waals surface area (Å²) in [5.74, 6) is -0.267. The molecular weight excluding hydrogens is 202 g/mol. The van der Waals surface area contributed by atoms with Crippen molar-refractivity contribution in [3.05, 3.63) is 64.1 Å². The molecule has 0 radical (unpaired) electrons. The van der Waals surface area contributed by atoms with Crippen LogP contribution in [0.15, 0.2) is 47.4 Å². The van der Waals surface area contributed by atoms with Gasteiger partial charge in [-0.2, -0.15) is 0 Å². The zero-order chi connectivity index (χ0) is 11.4. The number of aromatic hydroxyl groups is 1. The van der Waals surface area contributed by atoms with Gasteiger partial charge in [-0.3, -0.25) is 4.79 Å². The van der Waals surface area contributed by atoms with Crippen LogP contribution in [0, 0.1) is 0 Å². The molecule has 0 bridgehead atoms. The van der Waals surface area contributed by atoms with Crippen molar-refractivity contribution < 1.29 is 5.11 Å². The summed E-state index contributed by atoms with van der Waals surface area (Å²) in [4.78, 5) is 14.0. The predicted octanol–water partition coefficient (Wildman–Crippen LogP) is 2.25. The Labute approximate surface area is 92.7 Å². The number of H-pyrrole nitrogens is 1. The number of hydrogen-bond acceptors (Lipinski definition) is 2. The largest absolute Gasteiger partial charge is 0.503 e. The molecule has 0 aliphatic heterocycles. The lowest BCUT2D eigenvalue weighted by atomic mass is 10.2. The van der Waals surface area contributed by atoms with Crippen molar-refractivity contribution in [1.29, 1.82) is 0 Å². The molecule has 0 amide bonds. The van der Waals surface area contributed by atoms with Gasteiger partial charge in [-0.25, -0.2) is 0 Å². The van der Waals surface area contributed by atoms with E-state index in [9.17, 15) is 4.79 Å². The van der Waals surface area contributed by atoms with Gasteiger partial charge in [0.05, 0.1) is 0 Å². The van der Waals surface area contributed by atoms with Gasteiger partial charge in [0, 0.05) is 18.0 Å². The highest BCUT2D eigenvalue weighted by molar-refractivity contribution is 5.67. The standard InChI is InChI=1S/C13H11NO2/c15-12-8-11(14-9-13(12)16)7-6-10-4-2-1-3-5-10/h1-9,16H,(H,14,15)/b7-6+. The van der Waals surface area contributed by atoms with Crippen LogP contribution in [0.1, 0.15) is 11.3 Å². The normalized spacial score (nSPS) is 10.8. The number of hydrogen-bond donors (Lipinski definition) is 2. The summed E-state index contributed by atoms with van der Waals surface area (Å²) < 4.78 is 0. The van der Waals surface area contributed by atoms with E-state index in [2.05, 4.69) is 4.98 Å². The first-order chi connectivity index (χ1) is 7.75.